The van der Waals surface area contributed by atoms with Gasteiger partial charge in [0, 0.05) is 17.8 Å². The lowest BCUT2D eigenvalue weighted by molar-refractivity contribution is -0.139. The van der Waals surface area contributed by atoms with Gasteiger partial charge in [0.15, 0.2) is 0 Å². The lowest BCUT2D eigenvalue weighted by atomic mass is 9.85. The number of benzene rings is 1. The van der Waals surface area contributed by atoms with Gasteiger partial charge in [0.1, 0.15) is 0 Å². The standard InChI is InChI=1S/C17H26N4O5S/c1-4-21(10-16(22)23)14-7-13(8-14)20-17(24)19-12-6-5-11(2)15(9-12)27(25,26)18-3/h5-6,9,13-14,18H,4,7-8,10H2,1-3H3,(H,22,23)(H2,19,20,24). The van der Waals surface area contributed by atoms with Crippen molar-refractivity contribution in [3.63, 3.8) is 0 Å². The van der Waals surface area contributed by atoms with Crippen LogP contribution in [0, 0.1) is 6.92 Å². The van der Waals surface area contributed by atoms with Crippen molar-refractivity contribution >= 4 is 27.7 Å². The average molecular weight is 398 g/mol. The number of nitrogens with zero attached hydrogens (tertiary/aromatic N) is 1. The number of aryl methyl sites for hydroxylation is 1. The zero-order chi connectivity index (χ0) is 20.2. The van der Waals surface area contributed by atoms with Gasteiger partial charge in [0.05, 0.1) is 11.4 Å². The molecule has 1 saturated carbocycles. The summed E-state index contributed by atoms with van der Waals surface area (Å²) >= 11 is 0. The van der Waals surface area contributed by atoms with Crippen LogP contribution in [0.5, 0.6) is 0 Å². The van der Waals surface area contributed by atoms with Crippen molar-refractivity contribution in [3.8, 4) is 0 Å². The van der Waals surface area contributed by atoms with E-state index < -0.39 is 22.0 Å². The van der Waals surface area contributed by atoms with Crippen molar-refractivity contribution in [2.75, 3.05) is 25.5 Å². The molecule has 1 aromatic carbocycles. The van der Waals surface area contributed by atoms with Crippen molar-refractivity contribution in [1.29, 1.82) is 0 Å². The molecule has 0 radical (unpaired) electrons. The van der Waals surface area contributed by atoms with E-state index in [-0.39, 0.29) is 23.5 Å². The van der Waals surface area contributed by atoms with Crippen LogP contribution in [-0.2, 0) is 14.8 Å². The molecular formula is C17H26N4O5S. The van der Waals surface area contributed by atoms with Gasteiger partial charge in [-0.1, -0.05) is 13.0 Å². The minimum absolute atomic E-state index is 0.00777. The molecule has 1 fully saturated rings. The van der Waals surface area contributed by atoms with Crippen LogP contribution in [0.15, 0.2) is 23.1 Å². The Morgan fingerprint density at radius 1 is 1.30 bits per heavy atom. The second-order valence-corrected chi connectivity index (χ2v) is 8.42. The predicted octanol–water partition coefficient (Wildman–Crippen LogP) is 0.962. The third-order valence-corrected chi connectivity index (χ3v) is 6.27. The van der Waals surface area contributed by atoms with Crippen LogP contribution < -0.4 is 15.4 Å². The molecule has 0 spiro atoms. The van der Waals surface area contributed by atoms with Gasteiger partial charge in [0.2, 0.25) is 10.0 Å². The number of hydrogen-bond donors (Lipinski definition) is 4. The third kappa shape index (κ3) is 5.41. The number of rotatable bonds is 8. The highest BCUT2D eigenvalue weighted by Crippen LogP contribution is 2.26. The fraction of sp³-hybridized carbons (Fsp3) is 0.529. The predicted molar refractivity (Wildman–Crippen MR) is 101 cm³/mol. The van der Waals surface area contributed by atoms with E-state index in [1.165, 1.54) is 13.1 Å². The summed E-state index contributed by atoms with van der Waals surface area (Å²) in [5, 5.41) is 14.4. The minimum atomic E-state index is -3.61. The topological polar surface area (TPSA) is 128 Å². The number of likely N-dealkylation sites (N-methyl/N-ethyl adjacent to an activating group) is 1. The maximum absolute atomic E-state index is 12.2. The lowest BCUT2D eigenvalue weighted by Gasteiger charge is -2.42. The van der Waals surface area contributed by atoms with Crippen LogP contribution in [0.3, 0.4) is 0 Å². The monoisotopic (exact) mass is 398 g/mol. The number of carboxylic acid groups (broad SMARTS) is 1. The quantitative estimate of drug-likeness (QED) is 0.516. The van der Waals surface area contributed by atoms with Gasteiger partial charge in [0.25, 0.3) is 0 Å². The molecule has 1 aliphatic rings. The van der Waals surface area contributed by atoms with Crippen LogP contribution in [0.1, 0.15) is 25.3 Å². The van der Waals surface area contributed by atoms with Crippen molar-refractivity contribution < 1.29 is 23.1 Å². The van der Waals surface area contributed by atoms with E-state index in [9.17, 15) is 18.0 Å². The highest BCUT2D eigenvalue weighted by Gasteiger charge is 2.34. The Kier molecular flexibility index (Phi) is 6.79. The fourth-order valence-electron chi connectivity index (χ4n) is 3.11. The first kappa shape index (κ1) is 21.1. The summed E-state index contributed by atoms with van der Waals surface area (Å²) in [6.07, 6.45) is 1.36. The number of nitrogens with one attached hydrogen (secondary N) is 3. The molecule has 0 heterocycles. The fourth-order valence-corrected chi connectivity index (χ4v) is 4.10. The van der Waals surface area contributed by atoms with E-state index in [1.54, 1.807) is 19.1 Å². The largest absolute Gasteiger partial charge is 0.480 e. The zero-order valence-corrected chi connectivity index (χ0v) is 16.5. The molecule has 150 valence electrons. The number of sulfonamides is 1. The molecule has 10 heteroatoms. The van der Waals surface area contributed by atoms with Crippen molar-refractivity contribution in [2.24, 2.45) is 0 Å². The van der Waals surface area contributed by atoms with Crippen molar-refractivity contribution in [2.45, 2.75) is 43.7 Å². The molecule has 4 N–H and O–H groups in total. The molecule has 0 unspecified atom stereocenters. The van der Waals surface area contributed by atoms with Crippen LogP contribution in [0.4, 0.5) is 10.5 Å². The van der Waals surface area contributed by atoms with Gasteiger partial charge >= 0.3 is 12.0 Å². The summed E-state index contributed by atoms with van der Waals surface area (Å²) in [4.78, 5) is 25.0. The van der Waals surface area contributed by atoms with E-state index in [2.05, 4.69) is 15.4 Å². The van der Waals surface area contributed by atoms with E-state index in [4.69, 9.17) is 5.11 Å². The first-order valence-corrected chi connectivity index (χ1v) is 10.2. The maximum Gasteiger partial charge on any atom is 0.319 e. The van der Waals surface area contributed by atoms with Gasteiger partial charge in [-0.15, -0.1) is 0 Å². The summed E-state index contributed by atoms with van der Waals surface area (Å²) in [6.45, 7) is 4.22. The molecule has 2 rings (SSSR count). The number of carbonyl (C=O) groups excluding carboxylic acids is 1. The smallest absolute Gasteiger partial charge is 0.319 e. The summed E-state index contributed by atoms with van der Waals surface area (Å²) < 4.78 is 26.3. The Balaban J connectivity index is 1.91. The molecule has 2 amide bonds. The summed E-state index contributed by atoms with van der Waals surface area (Å²) in [7, 11) is -2.28. The lowest BCUT2D eigenvalue weighted by Crippen LogP contribution is -2.55. The molecule has 1 aliphatic carbocycles. The minimum Gasteiger partial charge on any atom is -0.480 e. The van der Waals surface area contributed by atoms with E-state index >= 15 is 0 Å². The average Bonchev–Trinajstić information content (AvgIpc) is 2.57. The highest BCUT2D eigenvalue weighted by atomic mass is 32.2. The van der Waals surface area contributed by atoms with E-state index in [1.807, 2.05) is 11.8 Å². The van der Waals surface area contributed by atoms with Gasteiger partial charge in [-0.2, -0.15) is 0 Å². The van der Waals surface area contributed by atoms with E-state index in [0.29, 0.717) is 30.6 Å². The summed E-state index contributed by atoms with van der Waals surface area (Å²) in [6, 6.07) is 4.36. The van der Waals surface area contributed by atoms with Crippen LogP contribution in [0.2, 0.25) is 0 Å². The molecule has 0 aromatic heterocycles. The third-order valence-electron chi connectivity index (χ3n) is 4.71. The van der Waals surface area contributed by atoms with Crippen molar-refractivity contribution in [1.82, 2.24) is 14.9 Å². The first-order chi connectivity index (χ1) is 12.7. The zero-order valence-electron chi connectivity index (χ0n) is 15.7. The molecule has 0 atom stereocenters. The number of urea groups is 1. The Labute approximate surface area is 159 Å². The number of hydrogen-bond acceptors (Lipinski definition) is 5. The Hall–Kier alpha value is -2.17. The van der Waals surface area contributed by atoms with Crippen LogP contribution >= 0.6 is 0 Å². The molecule has 9 nitrogen and oxygen atoms in total. The Bertz CT molecular complexity index is 806. The Morgan fingerprint density at radius 2 is 1.96 bits per heavy atom. The SMILES string of the molecule is CCN(CC(=O)O)C1CC(NC(=O)Nc2ccc(C)c(S(=O)(=O)NC)c2)C1. The molecule has 0 aliphatic heterocycles. The van der Waals surface area contributed by atoms with Crippen LogP contribution in [0.25, 0.3) is 0 Å². The van der Waals surface area contributed by atoms with Gasteiger partial charge in [-0.3, -0.25) is 9.69 Å². The number of amides is 2. The normalized spacial score (nSPS) is 19.4. The molecule has 0 saturated heterocycles. The number of anilines is 1. The summed E-state index contributed by atoms with van der Waals surface area (Å²) in [5.74, 6) is -0.863. The maximum atomic E-state index is 12.2. The molecule has 27 heavy (non-hydrogen) atoms. The van der Waals surface area contributed by atoms with Crippen LogP contribution in [-0.4, -0.2) is 62.6 Å². The van der Waals surface area contributed by atoms with Gasteiger partial charge < -0.3 is 15.7 Å². The molecule has 0 bridgehead atoms. The second kappa shape index (κ2) is 8.68. The van der Waals surface area contributed by atoms with Gasteiger partial charge in [-0.05, 0) is 51.1 Å². The van der Waals surface area contributed by atoms with Gasteiger partial charge in [-0.25, -0.2) is 17.9 Å². The number of carbonyl (C=O) groups is 2. The number of carboxylic acids is 1. The van der Waals surface area contributed by atoms with Crippen molar-refractivity contribution in [3.05, 3.63) is 23.8 Å². The second-order valence-electron chi connectivity index (χ2n) is 6.57. The first-order valence-electron chi connectivity index (χ1n) is 8.73. The molecular weight excluding hydrogens is 372 g/mol. The molecule has 1 aromatic rings. The van der Waals surface area contributed by atoms with E-state index in [0.717, 1.165) is 0 Å². The number of aliphatic carboxylic acids is 1. The Morgan fingerprint density at radius 3 is 2.52 bits per heavy atom. The highest BCUT2D eigenvalue weighted by molar-refractivity contribution is 7.89. The summed E-state index contributed by atoms with van der Waals surface area (Å²) in [5.41, 5.74) is 0.957.